The van der Waals surface area contributed by atoms with Crippen LogP contribution in [-0.2, 0) is 0 Å². The number of benzene rings is 1. The molecule has 0 aliphatic carbocycles. The average molecular weight is 358 g/mol. The number of nitrogens with one attached hydrogen (secondary N) is 1. The fourth-order valence-electron chi connectivity index (χ4n) is 2.25. The Kier molecular flexibility index (Phi) is 5.37. The number of amides is 1. The Morgan fingerprint density at radius 1 is 1.25 bits per heavy atom. The van der Waals surface area contributed by atoms with Gasteiger partial charge in [-0.25, -0.2) is 0 Å². The molecule has 4 nitrogen and oxygen atoms in total. The lowest BCUT2D eigenvalue weighted by atomic mass is 10.3. The maximum Gasteiger partial charge on any atom is 0.274 e. The standard InChI is InChI=1S/C18H19N3OS2/c1-13-8-9-17(24-13)15-12-16(20-19-15)18(22)21(2)10-11-23-14-6-4-3-5-7-14/h3-9,12H,10-11H2,1-2H3,(H,19,20). The van der Waals surface area contributed by atoms with E-state index in [4.69, 9.17) is 0 Å². The number of thiophene rings is 1. The molecule has 0 aliphatic rings. The SMILES string of the molecule is Cc1ccc(-c2cc(C(=O)N(C)CCSc3ccccc3)n[nH]2)s1. The zero-order valence-corrected chi connectivity index (χ0v) is 15.3. The third-order valence-electron chi connectivity index (χ3n) is 3.59. The van der Waals surface area contributed by atoms with Crippen molar-refractivity contribution in [1.29, 1.82) is 0 Å². The van der Waals surface area contributed by atoms with Gasteiger partial charge >= 0.3 is 0 Å². The molecule has 0 radical (unpaired) electrons. The summed E-state index contributed by atoms with van der Waals surface area (Å²) in [6, 6.07) is 16.1. The minimum atomic E-state index is -0.0561. The first kappa shape index (κ1) is 16.8. The van der Waals surface area contributed by atoms with E-state index in [1.54, 1.807) is 28.0 Å². The molecule has 2 aromatic heterocycles. The van der Waals surface area contributed by atoms with Gasteiger partial charge in [0.25, 0.3) is 5.91 Å². The van der Waals surface area contributed by atoms with Gasteiger partial charge < -0.3 is 4.90 Å². The molecule has 1 amide bonds. The van der Waals surface area contributed by atoms with Gasteiger partial charge in [-0.15, -0.1) is 23.1 Å². The molecular weight excluding hydrogens is 338 g/mol. The van der Waals surface area contributed by atoms with E-state index in [1.165, 1.54) is 9.77 Å². The summed E-state index contributed by atoms with van der Waals surface area (Å²) >= 11 is 3.43. The molecule has 3 aromatic rings. The van der Waals surface area contributed by atoms with Gasteiger partial charge in [-0.3, -0.25) is 9.89 Å². The van der Waals surface area contributed by atoms with E-state index in [2.05, 4.69) is 35.3 Å². The van der Waals surface area contributed by atoms with Crippen LogP contribution in [0.15, 0.2) is 53.4 Å². The first-order valence-electron chi connectivity index (χ1n) is 7.69. The van der Waals surface area contributed by atoms with Crippen LogP contribution in [0, 0.1) is 6.92 Å². The summed E-state index contributed by atoms with van der Waals surface area (Å²) in [5.74, 6) is 0.799. The van der Waals surface area contributed by atoms with Crippen molar-refractivity contribution in [2.75, 3.05) is 19.3 Å². The van der Waals surface area contributed by atoms with E-state index in [-0.39, 0.29) is 5.91 Å². The first-order valence-corrected chi connectivity index (χ1v) is 9.49. The Balaban J connectivity index is 1.56. The first-order chi connectivity index (χ1) is 11.6. The summed E-state index contributed by atoms with van der Waals surface area (Å²) in [7, 11) is 1.82. The highest BCUT2D eigenvalue weighted by Crippen LogP contribution is 2.26. The topological polar surface area (TPSA) is 49.0 Å². The molecule has 0 saturated heterocycles. The molecule has 0 unspecified atom stereocenters. The van der Waals surface area contributed by atoms with Crippen LogP contribution >= 0.6 is 23.1 Å². The van der Waals surface area contributed by atoms with Crippen LogP contribution in [0.4, 0.5) is 0 Å². The quantitative estimate of drug-likeness (QED) is 0.669. The number of H-pyrrole nitrogens is 1. The highest BCUT2D eigenvalue weighted by atomic mass is 32.2. The van der Waals surface area contributed by atoms with Gasteiger partial charge in [0.2, 0.25) is 0 Å². The van der Waals surface area contributed by atoms with Crippen molar-refractivity contribution in [2.24, 2.45) is 0 Å². The molecule has 0 aliphatic heterocycles. The predicted molar refractivity (Wildman–Crippen MR) is 101 cm³/mol. The molecule has 1 aromatic carbocycles. The fraction of sp³-hybridized carbons (Fsp3) is 0.222. The van der Waals surface area contributed by atoms with Crippen LogP contribution in [0.1, 0.15) is 15.4 Å². The molecule has 0 spiro atoms. The Bertz CT molecular complexity index is 811. The third kappa shape index (κ3) is 4.07. The summed E-state index contributed by atoms with van der Waals surface area (Å²) in [6.45, 7) is 2.74. The minimum Gasteiger partial charge on any atom is -0.339 e. The van der Waals surface area contributed by atoms with Crippen LogP contribution in [-0.4, -0.2) is 40.3 Å². The largest absolute Gasteiger partial charge is 0.339 e. The second-order valence-electron chi connectivity index (χ2n) is 5.47. The number of aromatic nitrogens is 2. The molecular formula is C18H19N3OS2. The smallest absolute Gasteiger partial charge is 0.274 e. The zero-order chi connectivity index (χ0) is 16.9. The van der Waals surface area contributed by atoms with Crippen molar-refractivity contribution in [1.82, 2.24) is 15.1 Å². The maximum atomic E-state index is 12.5. The molecule has 3 rings (SSSR count). The van der Waals surface area contributed by atoms with Gasteiger partial charge in [0.1, 0.15) is 0 Å². The Hall–Kier alpha value is -2.05. The molecule has 0 bridgehead atoms. The van der Waals surface area contributed by atoms with Crippen molar-refractivity contribution >= 4 is 29.0 Å². The number of rotatable bonds is 6. The fourth-order valence-corrected chi connectivity index (χ4v) is 4.04. The van der Waals surface area contributed by atoms with Gasteiger partial charge in [0.05, 0.1) is 10.6 Å². The monoisotopic (exact) mass is 357 g/mol. The summed E-state index contributed by atoms with van der Waals surface area (Å²) in [5, 5.41) is 7.13. The van der Waals surface area contributed by atoms with Gasteiger partial charge in [0.15, 0.2) is 5.69 Å². The lowest BCUT2D eigenvalue weighted by Gasteiger charge is -2.15. The van der Waals surface area contributed by atoms with Gasteiger partial charge in [-0.05, 0) is 37.3 Å². The molecule has 0 saturated carbocycles. The number of carbonyl (C=O) groups is 1. The predicted octanol–water partition coefficient (Wildman–Crippen LogP) is 4.31. The second-order valence-corrected chi connectivity index (χ2v) is 7.92. The number of nitrogens with zero attached hydrogens (tertiary/aromatic N) is 2. The van der Waals surface area contributed by atoms with E-state index in [9.17, 15) is 4.79 Å². The van der Waals surface area contributed by atoms with Crippen molar-refractivity contribution in [3.8, 4) is 10.6 Å². The van der Waals surface area contributed by atoms with Crippen molar-refractivity contribution in [3.05, 3.63) is 59.1 Å². The number of aromatic amines is 1. The van der Waals surface area contributed by atoms with E-state index < -0.39 is 0 Å². The molecule has 124 valence electrons. The number of hydrogen-bond acceptors (Lipinski definition) is 4. The van der Waals surface area contributed by atoms with Crippen LogP contribution in [0.5, 0.6) is 0 Å². The van der Waals surface area contributed by atoms with Crippen molar-refractivity contribution in [2.45, 2.75) is 11.8 Å². The number of carbonyl (C=O) groups excluding carboxylic acids is 1. The van der Waals surface area contributed by atoms with E-state index >= 15 is 0 Å². The summed E-state index contributed by atoms with van der Waals surface area (Å²) in [4.78, 5) is 17.7. The van der Waals surface area contributed by atoms with Crippen LogP contribution in [0.25, 0.3) is 10.6 Å². The Morgan fingerprint density at radius 2 is 2.04 bits per heavy atom. The Labute approximate surface area is 149 Å². The average Bonchev–Trinajstić information content (AvgIpc) is 3.24. The van der Waals surface area contributed by atoms with Crippen LogP contribution in [0.2, 0.25) is 0 Å². The third-order valence-corrected chi connectivity index (χ3v) is 5.61. The molecule has 24 heavy (non-hydrogen) atoms. The molecule has 2 heterocycles. The molecule has 0 atom stereocenters. The minimum absolute atomic E-state index is 0.0561. The van der Waals surface area contributed by atoms with Gasteiger partial charge in [-0.2, -0.15) is 5.10 Å². The van der Waals surface area contributed by atoms with Crippen molar-refractivity contribution < 1.29 is 4.79 Å². The van der Waals surface area contributed by atoms with Crippen molar-refractivity contribution in [3.63, 3.8) is 0 Å². The zero-order valence-electron chi connectivity index (χ0n) is 13.7. The second kappa shape index (κ2) is 7.68. The molecule has 1 N–H and O–H groups in total. The normalized spacial score (nSPS) is 10.8. The van der Waals surface area contributed by atoms with Crippen LogP contribution < -0.4 is 0 Å². The summed E-state index contributed by atoms with van der Waals surface area (Å²) in [5.41, 5.74) is 1.35. The summed E-state index contributed by atoms with van der Waals surface area (Å²) < 4.78 is 0. The van der Waals surface area contributed by atoms with Crippen LogP contribution in [0.3, 0.4) is 0 Å². The molecule has 6 heteroatoms. The molecule has 0 fully saturated rings. The highest BCUT2D eigenvalue weighted by Gasteiger charge is 2.16. The highest BCUT2D eigenvalue weighted by molar-refractivity contribution is 7.99. The lowest BCUT2D eigenvalue weighted by molar-refractivity contribution is 0.0798. The lowest BCUT2D eigenvalue weighted by Crippen LogP contribution is -2.29. The van der Waals surface area contributed by atoms with Gasteiger partial charge in [0, 0.05) is 29.1 Å². The van der Waals surface area contributed by atoms with E-state index in [1.807, 2.05) is 37.4 Å². The number of aryl methyl sites for hydroxylation is 1. The number of hydrogen-bond donors (Lipinski definition) is 1. The number of thioether (sulfide) groups is 1. The summed E-state index contributed by atoms with van der Waals surface area (Å²) in [6.07, 6.45) is 0. The Morgan fingerprint density at radius 3 is 2.75 bits per heavy atom. The van der Waals surface area contributed by atoms with E-state index in [0.29, 0.717) is 12.2 Å². The maximum absolute atomic E-state index is 12.5. The van der Waals surface area contributed by atoms with Gasteiger partial charge in [-0.1, -0.05) is 18.2 Å². The van der Waals surface area contributed by atoms with E-state index in [0.717, 1.165) is 16.3 Å².